The number of hydrogen-bond acceptors (Lipinski definition) is 23. The number of nitrogens with two attached hydrogens (primary N) is 3. The smallest absolute Gasteiger partial charge is 0.455 e. The van der Waals surface area contributed by atoms with Crippen LogP contribution in [-0.2, 0) is 57.8 Å². The van der Waals surface area contributed by atoms with Gasteiger partial charge in [0.15, 0.2) is 23.8 Å². The number of aromatic nitrogens is 6. The number of phosphoric acid groups is 2. The summed E-state index contributed by atoms with van der Waals surface area (Å²) in [6.07, 6.45) is -7.34. The average molecular weight is 1060 g/mol. The van der Waals surface area contributed by atoms with Crippen LogP contribution >= 0.6 is 37.2 Å². The van der Waals surface area contributed by atoms with E-state index in [0.717, 1.165) is 10.9 Å². The van der Waals surface area contributed by atoms with Crippen LogP contribution < -0.4 is 28.2 Å². The molecule has 3 aliphatic rings. The van der Waals surface area contributed by atoms with Crippen molar-refractivity contribution < 1.29 is 75.8 Å². The van der Waals surface area contributed by atoms with Gasteiger partial charge in [0.05, 0.1) is 25.6 Å². The average Bonchev–Trinajstić information content (AvgIpc) is 4.09. The molecule has 27 nitrogen and oxygen atoms in total. The Morgan fingerprint density at radius 1 is 0.971 bits per heavy atom. The predicted molar refractivity (Wildman–Crippen MR) is 250 cm³/mol. The first kappa shape index (κ1) is 53.4. The Bertz CT molecular complexity index is 2620. The van der Waals surface area contributed by atoms with Crippen molar-refractivity contribution in [1.29, 1.82) is 0 Å². The number of rotatable bonds is 20. The molecule has 3 aromatic heterocycles. The van der Waals surface area contributed by atoms with E-state index in [1.54, 1.807) is 24.3 Å². The number of nitrogens with one attached hydrogen (secondary N) is 1. The molecule has 70 heavy (non-hydrogen) atoms. The molecule has 6 heterocycles. The number of nitrogen functional groups attached to an aromatic ring is 3. The molecule has 1 amide bonds. The van der Waals surface area contributed by atoms with E-state index < -0.39 is 108 Å². The second kappa shape index (κ2) is 22.5. The fraction of sp³-hybridized carbons (Fsp3) is 0.564. The fourth-order valence-electron chi connectivity index (χ4n) is 7.77. The summed E-state index contributed by atoms with van der Waals surface area (Å²) in [6, 6.07) is 6.50. The van der Waals surface area contributed by atoms with Crippen LogP contribution in [0.5, 0.6) is 0 Å². The summed E-state index contributed by atoms with van der Waals surface area (Å²) in [7, 11) is -7.86. The second-order valence-corrected chi connectivity index (χ2v) is 23.1. The summed E-state index contributed by atoms with van der Waals surface area (Å²) < 4.78 is 73.5. The molecule has 3 fully saturated rings. The first-order chi connectivity index (χ1) is 33.0. The van der Waals surface area contributed by atoms with Crippen LogP contribution in [0.15, 0.2) is 54.0 Å². The molecule has 11 atom stereocenters. The first-order valence-electron chi connectivity index (χ1n) is 21.6. The lowest BCUT2D eigenvalue weighted by atomic mass is 9.92. The highest BCUT2D eigenvalue weighted by atomic mass is 33.1. The quantitative estimate of drug-likeness (QED) is 0.0272. The lowest BCUT2D eigenvalue weighted by Crippen LogP contribution is -2.48. The van der Waals surface area contributed by atoms with Crippen molar-refractivity contribution in [3.8, 4) is 0 Å². The van der Waals surface area contributed by atoms with Crippen molar-refractivity contribution in [1.82, 2.24) is 34.4 Å². The molecule has 7 rings (SSSR count). The number of alkyl carbamates (subject to hydrolysis) is 1. The van der Waals surface area contributed by atoms with Gasteiger partial charge in [-0.2, -0.15) is 4.98 Å². The van der Waals surface area contributed by atoms with Gasteiger partial charge in [0.25, 0.3) is 0 Å². The van der Waals surface area contributed by atoms with Crippen LogP contribution in [-0.4, -0.2) is 134 Å². The largest absolute Gasteiger partial charge is 0.472 e. The van der Waals surface area contributed by atoms with Crippen molar-refractivity contribution in [2.24, 2.45) is 5.92 Å². The third-order valence-electron chi connectivity index (χ3n) is 10.9. The van der Waals surface area contributed by atoms with Crippen LogP contribution in [0, 0.1) is 5.92 Å². The molecular weight excluding hydrogens is 1010 g/mol. The number of hydrogen-bond donors (Lipinski definition) is 8. The number of ether oxygens (including phenoxy) is 5. The number of aliphatic hydroxyl groups excluding tert-OH is 1. The number of amides is 1. The molecule has 3 aliphatic heterocycles. The van der Waals surface area contributed by atoms with Gasteiger partial charge >= 0.3 is 33.4 Å². The molecule has 0 bridgehead atoms. The number of aliphatic hydroxyl groups is 1. The van der Waals surface area contributed by atoms with Gasteiger partial charge < -0.3 is 66.0 Å². The van der Waals surface area contributed by atoms with Gasteiger partial charge in [0.2, 0.25) is 0 Å². The van der Waals surface area contributed by atoms with Crippen LogP contribution in [0.1, 0.15) is 58.1 Å². The monoisotopic (exact) mass is 1060 g/mol. The van der Waals surface area contributed by atoms with E-state index in [2.05, 4.69) is 25.3 Å². The van der Waals surface area contributed by atoms with Gasteiger partial charge in [-0.3, -0.25) is 22.7 Å². The summed E-state index contributed by atoms with van der Waals surface area (Å²) in [5, 5.41) is 14.4. The predicted octanol–water partition coefficient (Wildman–Crippen LogP) is 2.17. The highest BCUT2D eigenvalue weighted by Crippen LogP contribution is 2.53. The summed E-state index contributed by atoms with van der Waals surface area (Å²) >= 11 is 0. The number of benzene rings is 1. The lowest BCUT2D eigenvalue weighted by molar-refractivity contribution is -0.158. The molecule has 0 saturated carbocycles. The summed E-state index contributed by atoms with van der Waals surface area (Å²) in [5.41, 5.74) is 18.0. The zero-order valence-electron chi connectivity index (χ0n) is 37.8. The van der Waals surface area contributed by atoms with E-state index in [9.17, 15) is 43.3 Å². The minimum atomic E-state index is -5.36. The summed E-state index contributed by atoms with van der Waals surface area (Å²) in [5.74, 6) is -2.25. The third kappa shape index (κ3) is 13.9. The highest BCUT2D eigenvalue weighted by molar-refractivity contribution is 8.77. The van der Waals surface area contributed by atoms with E-state index in [-0.39, 0.29) is 46.3 Å². The molecule has 3 saturated heterocycles. The van der Waals surface area contributed by atoms with E-state index in [1.165, 1.54) is 44.7 Å². The Kier molecular flexibility index (Phi) is 17.2. The number of imidazole rings is 1. The molecule has 0 spiro atoms. The number of phosphoric ester groups is 2. The normalized spacial score (nSPS) is 26.2. The van der Waals surface area contributed by atoms with Gasteiger partial charge in [0.1, 0.15) is 61.0 Å². The number of carbonyl (C=O) groups is 2. The number of fused-ring (bicyclic) bond motifs is 1. The van der Waals surface area contributed by atoms with Crippen molar-refractivity contribution in [2.45, 2.75) is 107 Å². The van der Waals surface area contributed by atoms with E-state index in [0.29, 0.717) is 30.7 Å². The topological polar surface area (TPSA) is 392 Å². The van der Waals surface area contributed by atoms with Crippen molar-refractivity contribution >= 4 is 77.8 Å². The Morgan fingerprint density at radius 2 is 1.69 bits per heavy atom. The number of carbonyl (C=O) groups excluding carboxylic acids is 2. The van der Waals surface area contributed by atoms with Crippen molar-refractivity contribution in [2.75, 3.05) is 42.8 Å². The maximum absolute atomic E-state index is 14.2. The van der Waals surface area contributed by atoms with Crippen LogP contribution in [0.4, 0.5) is 22.1 Å². The molecule has 4 aromatic rings. The Morgan fingerprint density at radius 3 is 2.37 bits per heavy atom. The van der Waals surface area contributed by atoms with Gasteiger partial charge in [-0.15, -0.1) is 0 Å². The minimum Gasteiger partial charge on any atom is -0.455 e. The molecule has 11 N–H and O–H groups in total. The zero-order chi connectivity index (χ0) is 50.5. The van der Waals surface area contributed by atoms with E-state index in [4.69, 9.17) is 54.5 Å². The van der Waals surface area contributed by atoms with Crippen LogP contribution in [0.2, 0.25) is 0 Å². The first-order valence-corrected chi connectivity index (χ1v) is 26.9. The highest BCUT2D eigenvalue weighted by Gasteiger charge is 2.53. The SMILES string of the molecule is CC(C)(C)SSC[C@H](NC(=O)OCc1ccc(N)cc1)C(=O)O[C@H]1[C@@H](O)[C@H](n2cnc3c(N)ncnc32)O[C@@H]1COP(=O)(O)O[C@H]1[C@@H](CC2CCCO2)[C@H](n2ccc(N)nc2=O)O[C@@H]1COP(=O)(O)O. The van der Waals surface area contributed by atoms with E-state index in [1.807, 2.05) is 20.8 Å². The molecule has 2 unspecified atom stereocenters. The Balaban J connectivity index is 1.14. The maximum atomic E-state index is 14.2. The lowest BCUT2D eigenvalue weighted by Gasteiger charge is -2.28. The van der Waals surface area contributed by atoms with E-state index >= 15 is 0 Å². The van der Waals surface area contributed by atoms with Crippen LogP contribution in [0.3, 0.4) is 0 Å². The molecule has 31 heteroatoms. The molecule has 384 valence electrons. The fourth-order valence-corrected chi connectivity index (χ4v) is 11.6. The van der Waals surface area contributed by atoms with Crippen molar-refractivity contribution in [3.05, 3.63) is 65.2 Å². The molecule has 0 radical (unpaired) electrons. The number of anilines is 3. The third-order valence-corrected chi connectivity index (χ3v) is 15.7. The summed E-state index contributed by atoms with van der Waals surface area (Å²) in [6.45, 7) is 4.28. The number of nitrogens with zero attached hydrogens (tertiary/aromatic N) is 6. The van der Waals surface area contributed by atoms with Gasteiger partial charge in [-0.1, -0.05) is 54.5 Å². The van der Waals surface area contributed by atoms with Gasteiger partial charge in [-0.05, 0) is 43.0 Å². The zero-order valence-corrected chi connectivity index (χ0v) is 41.2. The Hall–Kier alpha value is -4.45. The second-order valence-electron chi connectivity index (χ2n) is 17.3. The minimum absolute atomic E-state index is 0.00162. The Labute approximate surface area is 407 Å². The summed E-state index contributed by atoms with van der Waals surface area (Å²) in [4.78, 5) is 87.1. The molecular formula is C39H54N10O17P2S2. The van der Waals surface area contributed by atoms with Gasteiger partial charge in [0, 0.05) is 34.9 Å². The number of esters is 1. The van der Waals surface area contributed by atoms with Gasteiger partial charge in [-0.25, -0.2) is 38.5 Å². The standard InChI is InChI=1S/C39H54N10O17P2S2/c1-39(2,3)70-69-17-24(46-38(53)60-14-20-6-8-21(40)9-7-20)36(51)65-31-26(64-35(29(31)50)49-19-45-28-32(42)43-18-44-33(28)49)16-62-68(57,58)66-30-23(13-22-5-4-12-59-22)34(48-11-10-27(41)47-37(48)52)63-25(30)15-61-67(54,55)56/h6-11,18-19,22-26,29-31,34-35,50H,4-5,12-17,40H2,1-3H3,(H,46,53)(H,57,58)(H2,41,47,52)(H2,42,43,44)(H2,54,55,56)/t22?,23-,24+,25-,26-,29-,30+,31-,34-,35-/m1/s1. The van der Waals surface area contributed by atoms with Crippen molar-refractivity contribution in [3.63, 3.8) is 0 Å². The maximum Gasteiger partial charge on any atom is 0.472 e. The van der Waals surface area contributed by atoms with Crippen LogP contribution in [0.25, 0.3) is 11.2 Å². The molecule has 0 aliphatic carbocycles. The molecule has 1 aromatic carbocycles.